The molecule has 0 aromatic heterocycles. The Morgan fingerprint density at radius 3 is 2.12 bits per heavy atom. The van der Waals surface area contributed by atoms with Crippen molar-refractivity contribution in [2.24, 2.45) is 11.8 Å². The van der Waals surface area contributed by atoms with Crippen molar-refractivity contribution in [2.45, 2.75) is 45.9 Å². The lowest BCUT2D eigenvalue weighted by molar-refractivity contribution is 0.538. The summed E-state index contributed by atoms with van der Waals surface area (Å²) < 4.78 is 25.7. The van der Waals surface area contributed by atoms with Gasteiger partial charge in [-0.2, -0.15) is 0 Å². The molecule has 0 aliphatic rings. The Morgan fingerprint density at radius 2 is 1.69 bits per heavy atom. The summed E-state index contributed by atoms with van der Waals surface area (Å²) in [5.74, 6) is 1.08. The Labute approximate surface area is 105 Å². The van der Waals surface area contributed by atoms with E-state index in [1.54, 1.807) is 0 Å². The molecule has 16 heavy (non-hydrogen) atoms. The van der Waals surface area contributed by atoms with Gasteiger partial charge in [0.15, 0.2) is 0 Å². The predicted octanol–water partition coefficient (Wildman–Crippen LogP) is 2.61. The van der Waals surface area contributed by atoms with E-state index < -0.39 is 10.0 Å². The van der Waals surface area contributed by atoms with Crippen molar-refractivity contribution in [3.8, 4) is 0 Å². The fourth-order valence-corrected chi connectivity index (χ4v) is 3.18. The number of alkyl halides is 1. The number of sulfonamides is 1. The molecule has 0 spiro atoms. The normalized spacial score (nSPS) is 14.7. The second-order valence-electron chi connectivity index (χ2n) is 5.08. The van der Waals surface area contributed by atoms with Crippen LogP contribution in [0.25, 0.3) is 0 Å². The van der Waals surface area contributed by atoms with Crippen LogP contribution >= 0.6 is 11.6 Å². The number of nitrogens with one attached hydrogen (secondary N) is 1. The molecular weight excluding hydrogens is 246 g/mol. The van der Waals surface area contributed by atoms with Gasteiger partial charge in [-0.15, -0.1) is 11.6 Å². The van der Waals surface area contributed by atoms with Crippen LogP contribution in [0.4, 0.5) is 0 Å². The van der Waals surface area contributed by atoms with Gasteiger partial charge in [-0.05, 0) is 24.7 Å². The maximum absolute atomic E-state index is 11.6. The lowest BCUT2D eigenvalue weighted by Crippen LogP contribution is -2.32. The number of rotatable bonds is 8. The van der Waals surface area contributed by atoms with Crippen LogP contribution in [0.2, 0.25) is 0 Å². The molecule has 0 bridgehead atoms. The summed E-state index contributed by atoms with van der Waals surface area (Å²) >= 11 is 6.02. The van der Waals surface area contributed by atoms with E-state index in [9.17, 15) is 8.42 Å². The highest BCUT2D eigenvalue weighted by atomic mass is 35.5. The van der Waals surface area contributed by atoms with Crippen LogP contribution < -0.4 is 4.72 Å². The average Bonchev–Trinajstić information content (AvgIpc) is 2.11. The van der Waals surface area contributed by atoms with E-state index in [1.165, 1.54) is 0 Å². The van der Waals surface area contributed by atoms with E-state index in [0.29, 0.717) is 24.8 Å². The summed E-state index contributed by atoms with van der Waals surface area (Å²) in [4.78, 5) is 0. The summed E-state index contributed by atoms with van der Waals surface area (Å²) in [6.07, 6.45) is 1.51. The first-order valence-corrected chi connectivity index (χ1v) is 7.93. The van der Waals surface area contributed by atoms with Gasteiger partial charge in [0.25, 0.3) is 0 Å². The minimum absolute atomic E-state index is 0.117. The summed E-state index contributed by atoms with van der Waals surface area (Å²) in [7, 11) is -3.14. The fraction of sp³-hybridized carbons (Fsp3) is 1.00. The van der Waals surface area contributed by atoms with Crippen LogP contribution in [0.15, 0.2) is 0 Å². The number of halogens is 1. The van der Waals surface area contributed by atoms with E-state index in [4.69, 9.17) is 11.6 Å². The molecule has 1 N–H and O–H groups in total. The minimum Gasteiger partial charge on any atom is -0.214 e. The Morgan fingerprint density at radius 1 is 1.12 bits per heavy atom. The maximum Gasteiger partial charge on any atom is 0.211 e. The standard InChI is InChI=1S/C11H24ClNO2S/c1-9(2)5-6-16(14,15)13-8-11(12)7-10(3)4/h9-11,13H,5-8H2,1-4H3. The highest BCUT2D eigenvalue weighted by Crippen LogP contribution is 2.10. The van der Waals surface area contributed by atoms with E-state index in [2.05, 4.69) is 18.6 Å². The largest absolute Gasteiger partial charge is 0.214 e. The molecular formula is C11H24ClNO2S. The first-order chi connectivity index (χ1) is 7.23. The van der Waals surface area contributed by atoms with Gasteiger partial charge in [0.05, 0.1) is 5.75 Å². The van der Waals surface area contributed by atoms with Crippen molar-refractivity contribution in [3.63, 3.8) is 0 Å². The van der Waals surface area contributed by atoms with Gasteiger partial charge in [0, 0.05) is 11.9 Å². The minimum atomic E-state index is -3.14. The summed E-state index contributed by atoms with van der Waals surface area (Å²) in [5, 5.41) is -0.117. The van der Waals surface area contributed by atoms with Crippen LogP contribution in [0.1, 0.15) is 40.5 Å². The lowest BCUT2D eigenvalue weighted by Gasteiger charge is -2.13. The van der Waals surface area contributed by atoms with Crippen molar-refractivity contribution in [1.82, 2.24) is 4.72 Å². The molecule has 0 aliphatic carbocycles. The van der Waals surface area contributed by atoms with E-state index in [-0.39, 0.29) is 11.1 Å². The summed E-state index contributed by atoms with van der Waals surface area (Å²) in [5.41, 5.74) is 0. The third-order valence-electron chi connectivity index (χ3n) is 2.22. The fourth-order valence-electron chi connectivity index (χ4n) is 1.28. The predicted molar refractivity (Wildman–Crippen MR) is 70.3 cm³/mol. The van der Waals surface area contributed by atoms with Crippen molar-refractivity contribution in [3.05, 3.63) is 0 Å². The smallest absolute Gasteiger partial charge is 0.211 e. The van der Waals surface area contributed by atoms with Crippen molar-refractivity contribution >= 4 is 21.6 Å². The highest BCUT2D eigenvalue weighted by molar-refractivity contribution is 7.89. The zero-order chi connectivity index (χ0) is 12.8. The third-order valence-corrected chi connectivity index (χ3v) is 3.93. The third kappa shape index (κ3) is 9.43. The molecule has 5 heteroatoms. The van der Waals surface area contributed by atoms with Gasteiger partial charge in [0.2, 0.25) is 10.0 Å². The van der Waals surface area contributed by atoms with Crippen LogP contribution in [0.5, 0.6) is 0 Å². The molecule has 0 radical (unpaired) electrons. The van der Waals surface area contributed by atoms with Crippen LogP contribution in [-0.2, 0) is 10.0 Å². The molecule has 0 amide bonds. The van der Waals surface area contributed by atoms with Gasteiger partial charge in [-0.25, -0.2) is 13.1 Å². The maximum atomic E-state index is 11.6. The summed E-state index contributed by atoms with van der Waals surface area (Å²) in [6.45, 7) is 8.50. The first-order valence-electron chi connectivity index (χ1n) is 5.84. The molecule has 0 saturated carbocycles. The second-order valence-corrected chi connectivity index (χ2v) is 7.62. The first kappa shape index (κ1) is 16.2. The molecule has 0 fully saturated rings. The Kier molecular flexibility index (Phi) is 7.61. The molecule has 0 rings (SSSR count). The Hall–Kier alpha value is 0.200. The van der Waals surface area contributed by atoms with Crippen LogP contribution in [0.3, 0.4) is 0 Å². The molecule has 98 valence electrons. The number of hydrogen-bond acceptors (Lipinski definition) is 2. The van der Waals surface area contributed by atoms with Crippen molar-refractivity contribution in [1.29, 1.82) is 0 Å². The van der Waals surface area contributed by atoms with Gasteiger partial charge in [-0.1, -0.05) is 27.7 Å². The zero-order valence-electron chi connectivity index (χ0n) is 10.7. The molecule has 0 aromatic rings. The number of hydrogen-bond donors (Lipinski definition) is 1. The molecule has 0 heterocycles. The van der Waals surface area contributed by atoms with Gasteiger partial charge in [0.1, 0.15) is 0 Å². The molecule has 1 unspecified atom stereocenters. The van der Waals surface area contributed by atoms with Gasteiger partial charge in [-0.3, -0.25) is 0 Å². The van der Waals surface area contributed by atoms with E-state index >= 15 is 0 Å². The lowest BCUT2D eigenvalue weighted by atomic mass is 10.1. The quantitative estimate of drug-likeness (QED) is 0.689. The second kappa shape index (κ2) is 7.51. The van der Waals surface area contributed by atoms with E-state index in [0.717, 1.165) is 6.42 Å². The average molecular weight is 270 g/mol. The van der Waals surface area contributed by atoms with Crippen LogP contribution in [0, 0.1) is 11.8 Å². The molecule has 0 aromatic carbocycles. The van der Waals surface area contributed by atoms with Gasteiger partial charge < -0.3 is 0 Å². The van der Waals surface area contributed by atoms with Gasteiger partial charge >= 0.3 is 0 Å². The Balaban J connectivity index is 3.90. The van der Waals surface area contributed by atoms with Crippen molar-refractivity contribution < 1.29 is 8.42 Å². The van der Waals surface area contributed by atoms with Crippen molar-refractivity contribution in [2.75, 3.05) is 12.3 Å². The monoisotopic (exact) mass is 269 g/mol. The highest BCUT2D eigenvalue weighted by Gasteiger charge is 2.14. The SMILES string of the molecule is CC(C)CCS(=O)(=O)NCC(Cl)CC(C)C. The Bertz CT molecular complexity index is 276. The van der Waals surface area contributed by atoms with Crippen LogP contribution in [-0.4, -0.2) is 26.1 Å². The molecule has 3 nitrogen and oxygen atoms in total. The summed E-state index contributed by atoms with van der Waals surface area (Å²) in [6, 6.07) is 0. The van der Waals surface area contributed by atoms with E-state index in [1.807, 2.05) is 13.8 Å². The zero-order valence-corrected chi connectivity index (χ0v) is 12.2. The topological polar surface area (TPSA) is 46.2 Å². The molecule has 0 saturated heterocycles. The molecule has 0 aliphatic heterocycles. The molecule has 1 atom stereocenters.